The highest BCUT2D eigenvalue weighted by atomic mass is 16.2. The number of terminal acetylenes is 1. The van der Waals surface area contributed by atoms with Crippen LogP contribution in [0.15, 0.2) is 24.3 Å². The van der Waals surface area contributed by atoms with Gasteiger partial charge in [0.1, 0.15) is 0 Å². The van der Waals surface area contributed by atoms with Gasteiger partial charge < -0.3 is 5.73 Å². The van der Waals surface area contributed by atoms with Crippen molar-refractivity contribution in [1.82, 2.24) is 5.32 Å². The van der Waals surface area contributed by atoms with Gasteiger partial charge in [-0.3, -0.25) is 10.1 Å². The Hall–Kier alpha value is -2.28. The molecule has 0 unspecified atom stereocenters. The van der Waals surface area contributed by atoms with E-state index in [4.69, 9.17) is 12.2 Å². The van der Waals surface area contributed by atoms with Gasteiger partial charge in [-0.1, -0.05) is 18.1 Å². The van der Waals surface area contributed by atoms with Gasteiger partial charge in [-0.05, 0) is 12.1 Å². The second-order valence-corrected chi connectivity index (χ2v) is 2.51. The van der Waals surface area contributed by atoms with E-state index in [0.29, 0.717) is 5.56 Å². The molecule has 0 aliphatic heterocycles. The van der Waals surface area contributed by atoms with Crippen LogP contribution >= 0.6 is 0 Å². The number of amides is 3. The summed E-state index contributed by atoms with van der Waals surface area (Å²) < 4.78 is 0. The van der Waals surface area contributed by atoms with Crippen LogP contribution in [0.1, 0.15) is 15.9 Å². The third-order valence-corrected chi connectivity index (χ3v) is 1.56. The van der Waals surface area contributed by atoms with Crippen LogP contribution in [0.5, 0.6) is 0 Å². The molecule has 0 saturated heterocycles. The lowest BCUT2D eigenvalue weighted by molar-refractivity contribution is 0.0966. The van der Waals surface area contributed by atoms with E-state index in [1.807, 2.05) is 5.32 Å². The third-order valence-electron chi connectivity index (χ3n) is 1.56. The number of rotatable bonds is 1. The highest BCUT2D eigenvalue weighted by Gasteiger charge is 2.10. The normalized spacial score (nSPS) is 8.79. The van der Waals surface area contributed by atoms with Crippen molar-refractivity contribution in [3.05, 3.63) is 35.4 Å². The van der Waals surface area contributed by atoms with E-state index >= 15 is 0 Å². The number of hydrogen-bond donors (Lipinski definition) is 2. The second kappa shape index (κ2) is 4.10. The summed E-state index contributed by atoms with van der Waals surface area (Å²) in [6.45, 7) is 0. The summed E-state index contributed by atoms with van der Waals surface area (Å²) in [4.78, 5) is 21.7. The number of carbonyl (C=O) groups is 2. The van der Waals surface area contributed by atoms with Crippen molar-refractivity contribution in [1.29, 1.82) is 0 Å². The van der Waals surface area contributed by atoms with Gasteiger partial charge in [0.25, 0.3) is 5.91 Å². The number of imide groups is 1. The number of hydrogen-bond acceptors (Lipinski definition) is 2. The van der Waals surface area contributed by atoms with E-state index in [1.54, 1.807) is 18.2 Å². The molecule has 0 saturated carbocycles. The van der Waals surface area contributed by atoms with Crippen LogP contribution in [0.3, 0.4) is 0 Å². The van der Waals surface area contributed by atoms with E-state index in [2.05, 4.69) is 5.92 Å². The van der Waals surface area contributed by atoms with Crippen molar-refractivity contribution in [3.8, 4) is 12.3 Å². The lowest BCUT2D eigenvalue weighted by Crippen LogP contribution is -2.35. The summed E-state index contributed by atoms with van der Waals surface area (Å²) in [6.07, 6.45) is 5.17. The molecule has 0 radical (unpaired) electrons. The molecule has 4 nitrogen and oxygen atoms in total. The molecule has 0 aromatic heterocycles. The standard InChI is InChI=1S/C10H8N2O2/c1-2-7-5-3-4-6-8(7)9(13)12-10(11)14/h1,3-6H,(H3,11,12,13,14). The Morgan fingerprint density at radius 1 is 1.36 bits per heavy atom. The van der Waals surface area contributed by atoms with Crippen molar-refractivity contribution in [2.45, 2.75) is 0 Å². The molecule has 3 amide bonds. The molecule has 0 aliphatic rings. The fourth-order valence-corrected chi connectivity index (χ4v) is 0.986. The molecule has 0 atom stereocenters. The fraction of sp³-hybridized carbons (Fsp3) is 0. The molecule has 0 bridgehead atoms. The quantitative estimate of drug-likeness (QED) is 0.629. The van der Waals surface area contributed by atoms with Crippen LogP contribution in [0.2, 0.25) is 0 Å². The number of urea groups is 1. The number of nitrogens with two attached hydrogens (primary N) is 1. The average molecular weight is 188 g/mol. The molecular formula is C10H8N2O2. The van der Waals surface area contributed by atoms with Crippen LogP contribution in [-0.2, 0) is 0 Å². The summed E-state index contributed by atoms with van der Waals surface area (Å²) in [5.41, 5.74) is 5.48. The zero-order chi connectivity index (χ0) is 10.6. The van der Waals surface area contributed by atoms with Crippen LogP contribution in [0.25, 0.3) is 0 Å². The predicted molar refractivity (Wildman–Crippen MR) is 51.4 cm³/mol. The lowest BCUT2D eigenvalue weighted by Gasteiger charge is -2.02. The maximum atomic E-state index is 11.3. The summed E-state index contributed by atoms with van der Waals surface area (Å²) in [5, 5.41) is 1.94. The molecule has 14 heavy (non-hydrogen) atoms. The SMILES string of the molecule is C#Cc1ccccc1C(=O)NC(N)=O. The molecule has 1 rings (SSSR count). The van der Waals surface area contributed by atoms with Gasteiger partial charge in [0, 0.05) is 5.56 Å². The monoisotopic (exact) mass is 188 g/mol. The van der Waals surface area contributed by atoms with Crippen molar-refractivity contribution < 1.29 is 9.59 Å². The van der Waals surface area contributed by atoms with Crippen LogP contribution in [-0.4, -0.2) is 11.9 Å². The van der Waals surface area contributed by atoms with Crippen molar-refractivity contribution >= 4 is 11.9 Å². The maximum absolute atomic E-state index is 11.3. The minimum atomic E-state index is -0.901. The molecule has 0 aliphatic carbocycles. The third kappa shape index (κ3) is 2.11. The molecule has 70 valence electrons. The molecule has 0 heterocycles. The van der Waals surface area contributed by atoms with E-state index in [0.717, 1.165) is 0 Å². The first-order chi connectivity index (χ1) is 6.65. The zero-order valence-electron chi connectivity index (χ0n) is 7.28. The number of benzene rings is 1. The van der Waals surface area contributed by atoms with Gasteiger partial charge in [-0.15, -0.1) is 6.42 Å². The minimum Gasteiger partial charge on any atom is -0.351 e. The number of nitrogens with one attached hydrogen (secondary N) is 1. The predicted octanol–water partition coefficient (Wildman–Crippen LogP) is 0.476. The van der Waals surface area contributed by atoms with E-state index in [9.17, 15) is 9.59 Å². The molecule has 0 spiro atoms. The summed E-state index contributed by atoms with van der Waals surface area (Å²) >= 11 is 0. The molecular weight excluding hydrogens is 180 g/mol. The number of primary amides is 1. The Bertz CT molecular complexity index is 418. The van der Waals surface area contributed by atoms with Gasteiger partial charge in [-0.2, -0.15) is 0 Å². The van der Waals surface area contributed by atoms with Gasteiger partial charge in [0.05, 0.1) is 5.56 Å². The highest BCUT2D eigenvalue weighted by Crippen LogP contribution is 2.06. The van der Waals surface area contributed by atoms with Crippen LogP contribution in [0, 0.1) is 12.3 Å². The van der Waals surface area contributed by atoms with Crippen molar-refractivity contribution in [2.24, 2.45) is 5.73 Å². The van der Waals surface area contributed by atoms with Crippen molar-refractivity contribution in [3.63, 3.8) is 0 Å². The Morgan fingerprint density at radius 3 is 2.57 bits per heavy atom. The lowest BCUT2D eigenvalue weighted by atomic mass is 10.1. The highest BCUT2D eigenvalue weighted by molar-refractivity contribution is 6.05. The van der Waals surface area contributed by atoms with Gasteiger partial charge in [0.15, 0.2) is 0 Å². The number of carbonyl (C=O) groups excluding carboxylic acids is 2. The molecule has 1 aromatic carbocycles. The summed E-state index contributed by atoms with van der Waals surface area (Å²) in [7, 11) is 0. The van der Waals surface area contributed by atoms with Crippen molar-refractivity contribution in [2.75, 3.05) is 0 Å². The van der Waals surface area contributed by atoms with Gasteiger partial charge in [-0.25, -0.2) is 4.79 Å². The Morgan fingerprint density at radius 2 is 2.00 bits per heavy atom. The largest absolute Gasteiger partial charge is 0.351 e. The first-order valence-corrected chi connectivity index (χ1v) is 3.81. The Labute approximate surface area is 81.1 Å². The maximum Gasteiger partial charge on any atom is 0.319 e. The molecule has 0 fully saturated rings. The average Bonchev–Trinajstić information content (AvgIpc) is 2.16. The molecule has 4 heteroatoms. The smallest absolute Gasteiger partial charge is 0.319 e. The molecule has 1 aromatic rings. The first-order valence-electron chi connectivity index (χ1n) is 3.81. The fourth-order valence-electron chi connectivity index (χ4n) is 0.986. The van der Waals surface area contributed by atoms with Gasteiger partial charge in [0.2, 0.25) is 0 Å². The van der Waals surface area contributed by atoms with Crippen LogP contribution in [0.4, 0.5) is 4.79 Å². The van der Waals surface area contributed by atoms with Gasteiger partial charge >= 0.3 is 6.03 Å². The Balaban J connectivity index is 3.01. The Kier molecular flexibility index (Phi) is 2.87. The van der Waals surface area contributed by atoms with E-state index in [-0.39, 0.29) is 5.56 Å². The molecule has 3 N–H and O–H groups in total. The summed E-state index contributed by atoms with van der Waals surface area (Å²) in [6, 6.07) is 5.58. The first kappa shape index (κ1) is 9.81. The second-order valence-electron chi connectivity index (χ2n) is 2.51. The van der Waals surface area contributed by atoms with E-state index in [1.165, 1.54) is 6.07 Å². The minimum absolute atomic E-state index is 0.258. The summed E-state index contributed by atoms with van der Waals surface area (Å²) in [5.74, 6) is 1.75. The van der Waals surface area contributed by atoms with E-state index < -0.39 is 11.9 Å². The zero-order valence-corrected chi connectivity index (χ0v) is 7.28. The van der Waals surface area contributed by atoms with Crippen LogP contribution < -0.4 is 11.1 Å². The topological polar surface area (TPSA) is 72.2 Å².